The predicted molar refractivity (Wildman–Crippen MR) is 86.1 cm³/mol. The third kappa shape index (κ3) is 2.74. The molecule has 1 aromatic carbocycles. The van der Waals surface area contributed by atoms with Gasteiger partial charge in [-0.25, -0.2) is 0 Å². The van der Waals surface area contributed by atoms with E-state index in [2.05, 4.69) is 54.4 Å². The van der Waals surface area contributed by atoms with Crippen LogP contribution in [-0.4, -0.2) is 4.98 Å². The zero-order valence-corrected chi connectivity index (χ0v) is 12.4. The van der Waals surface area contributed by atoms with Crippen LogP contribution in [0.15, 0.2) is 48.7 Å². The molecule has 0 aliphatic heterocycles. The molecule has 0 radical (unpaired) electrons. The molecular formula is C17H18N2S. The van der Waals surface area contributed by atoms with Gasteiger partial charge in [0.25, 0.3) is 0 Å². The number of rotatable bonds is 4. The summed E-state index contributed by atoms with van der Waals surface area (Å²) in [7, 11) is 0. The molecule has 0 aliphatic rings. The second-order valence-corrected chi connectivity index (χ2v) is 6.12. The number of aryl methyl sites for hydroxylation is 1. The Kier molecular flexibility index (Phi) is 3.81. The van der Waals surface area contributed by atoms with Crippen LogP contribution in [0.3, 0.4) is 0 Å². The molecule has 2 heterocycles. The number of hydrogen-bond acceptors (Lipinski definition) is 3. The maximum atomic E-state index is 6.33. The summed E-state index contributed by atoms with van der Waals surface area (Å²) in [5, 5.41) is 1.28. The quantitative estimate of drug-likeness (QED) is 0.782. The minimum Gasteiger partial charge on any atom is -0.323 e. The van der Waals surface area contributed by atoms with Gasteiger partial charge in [0.15, 0.2) is 0 Å². The summed E-state index contributed by atoms with van der Waals surface area (Å²) in [4.78, 5) is 5.72. The van der Waals surface area contributed by atoms with Crippen molar-refractivity contribution in [3.05, 3.63) is 64.8 Å². The number of thiophene rings is 1. The summed E-state index contributed by atoms with van der Waals surface area (Å²) in [5.41, 5.74) is 8.66. The molecule has 102 valence electrons. The van der Waals surface area contributed by atoms with Crippen LogP contribution in [0.25, 0.3) is 10.1 Å². The van der Waals surface area contributed by atoms with E-state index in [-0.39, 0.29) is 6.04 Å². The lowest BCUT2D eigenvalue weighted by Gasteiger charge is -2.09. The van der Waals surface area contributed by atoms with Gasteiger partial charge in [0.1, 0.15) is 0 Å². The Morgan fingerprint density at radius 1 is 1.20 bits per heavy atom. The van der Waals surface area contributed by atoms with Crippen LogP contribution >= 0.6 is 11.3 Å². The van der Waals surface area contributed by atoms with E-state index in [4.69, 9.17) is 5.73 Å². The number of nitrogens with zero attached hydrogens (tertiary/aromatic N) is 1. The van der Waals surface area contributed by atoms with Gasteiger partial charge in [-0.1, -0.05) is 31.2 Å². The number of hydrogen-bond donors (Lipinski definition) is 1. The smallest absolute Gasteiger partial charge is 0.0446 e. The molecule has 2 N–H and O–H groups in total. The average Bonchev–Trinajstić information content (AvgIpc) is 2.92. The maximum absolute atomic E-state index is 6.33. The molecule has 1 atom stereocenters. The highest BCUT2D eigenvalue weighted by molar-refractivity contribution is 7.19. The van der Waals surface area contributed by atoms with Gasteiger partial charge in [-0.2, -0.15) is 0 Å². The van der Waals surface area contributed by atoms with Crippen LogP contribution in [0.2, 0.25) is 0 Å². The molecule has 1 unspecified atom stereocenters. The molecule has 0 fully saturated rings. The van der Waals surface area contributed by atoms with Crippen molar-refractivity contribution in [1.29, 1.82) is 0 Å². The molecule has 0 spiro atoms. The molecule has 0 bridgehead atoms. The molecule has 0 aliphatic carbocycles. The lowest BCUT2D eigenvalue weighted by molar-refractivity contribution is 0.719. The van der Waals surface area contributed by atoms with E-state index >= 15 is 0 Å². The first-order valence-corrected chi connectivity index (χ1v) is 7.76. The zero-order valence-electron chi connectivity index (χ0n) is 11.5. The largest absolute Gasteiger partial charge is 0.323 e. The summed E-state index contributed by atoms with van der Waals surface area (Å²) in [5.74, 6) is 0. The fourth-order valence-corrected chi connectivity index (χ4v) is 3.36. The van der Waals surface area contributed by atoms with Crippen LogP contribution in [-0.2, 0) is 12.8 Å². The minimum atomic E-state index is 0.0207. The van der Waals surface area contributed by atoms with E-state index in [1.165, 1.54) is 20.5 Å². The van der Waals surface area contributed by atoms with Crippen molar-refractivity contribution < 1.29 is 0 Å². The Morgan fingerprint density at radius 2 is 2.05 bits per heavy atom. The average molecular weight is 282 g/mol. The lowest BCUT2D eigenvalue weighted by atomic mass is 10.1. The Hall–Kier alpha value is -1.71. The zero-order chi connectivity index (χ0) is 13.9. The van der Waals surface area contributed by atoms with E-state index in [1.54, 1.807) is 11.3 Å². The molecule has 0 amide bonds. The standard InChI is InChI=1S/C17H18N2S/c1-2-12-7-8-14(19-11-12)10-15(18)17-9-13-5-3-4-6-16(13)20-17/h3-9,11,15H,2,10,18H2,1H3. The molecule has 3 aromatic rings. The van der Waals surface area contributed by atoms with E-state index < -0.39 is 0 Å². The lowest BCUT2D eigenvalue weighted by Crippen LogP contribution is -2.12. The molecule has 20 heavy (non-hydrogen) atoms. The van der Waals surface area contributed by atoms with Gasteiger partial charge in [-0.3, -0.25) is 4.98 Å². The first kappa shape index (κ1) is 13.3. The predicted octanol–water partition coefficient (Wildman–Crippen LogP) is 4.10. The van der Waals surface area contributed by atoms with Gasteiger partial charge in [0.05, 0.1) is 0 Å². The van der Waals surface area contributed by atoms with Crippen molar-refractivity contribution in [3.8, 4) is 0 Å². The van der Waals surface area contributed by atoms with Crippen molar-refractivity contribution in [1.82, 2.24) is 4.98 Å². The Balaban J connectivity index is 1.79. The number of fused-ring (bicyclic) bond motifs is 1. The molecular weight excluding hydrogens is 264 g/mol. The van der Waals surface area contributed by atoms with Crippen molar-refractivity contribution in [2.45, 2.75) is 25.8 Å². The fourth-order valence-electron chi connectivity index (χ4n) is 2.30. The highest BCUT2D eigenvalue weighted by Crippen LogP contribution is 2.30. The monoisotopic (exact) mass is 282 g/mol. The molecule has 0 saturated carbocycles. The van der Waals surface area contributed by atoms with Crippen molar-refractivity contribution in [2.24, 2.45) is 5.73 Å². The normalized spacial score (nSPS) is 12.7. The summed E-state index contributed by atoms with van der Waals surface area (Å²) in [6.45, 7) is 2.14. The highest BCUT2D eigenvalue weighted by Gasteiger charge is 2.11. The number of aromatic nitrogens is 1. The molecule has 2 aromatic heterocycles. The van der Waals surface area contributed by atoms with Gasteiger partial charge in [0.2, 0.25) is 0 Å². The highest BCUT2D eigenvalue weighted by atomic mass is 32.1. The first-order chi connectivity index (χ1) is 9.76. The van der Waals surface area contributed by atoms with Crippen LogP contribution in [0.5, 0.6) is 0 Å². The molecule has 3 rings (SSSR count). The number of pyridine rings is 1. The van der Waals surface area contributed by atoms with Crippen LogP contribution < -0.4 is 5.73 Å². The topological polar surface area (TPSA) is 38.9 Å². The van der Waals surface area contributed by atoms with Gasteiger partial charge >= 0.3 is 0 Å². The SMILES string of the molecule is CCc1ccc(CC(N)c2cc3ccccc3s2)nc1. The second-order valence-electron chi connectivity index (χ2n) is 5.01. The van der Waals surface area contributed by atoms with Crippen molar-refractivity contribution in [2.75, 3.05) is 0 Å². The molecule has 0 saturated heterocycles. The van der Waals surface area contributed by atoms with Gasteiger partial charge in [0, 0.05) is 33.9 Å². The summed E-state index contributed by atoms with van der Waals surface area (Å²) in [6.07, 6.45) is 3.76. The third-order valence-electron chi connectivity index (χ3n) is 3.53. The van der Waals surface area contributed by atoms with Crippen LogP contribution in [0.1, 0.15) is 29.1 Å². The van der Waals surface area contributed by atoms with Gasteiger partial charge in [-0.15, -0.1) is 11.3 Å². The molecule has 3 heteroatoms. The van der Waals surface area contributed by atoms with Crippen molar-refractivity contribution in [3.63, 3.8) is 0 Å². The Morgan fingerprint density at radius 3 is 2.75 bits per heavy atom. The third-order valence-corrected chi connectivity index (χ3v) is 4.78. The summed E-state index contributed by atoms with van der Waals surface area (Å²) in [6, 6.07) is 14.9. The van der Waals surface area contributed by atoms with E-state index in [0.29, 0.717) is 0 Å². The second kappa shape index (κ2) is 5.73. The van der Waals surface area contributed by atoms with E-state index in [1.807, 2.05) is 6.20 Å². The van der Waals surface area contributed by atoms with Gasteiger partial charge < -0.3 is 5.73 Å². The first-order valence-electron chi connectivity index (χ1n) is 6.94. The van der Waals surface area contributed by atoms with Crippen LogP contribution in [0.4, 0.5) is 0 Å². The minimum absolute atomic E-state index is 0.0207. The van der Waals surface area contributed by atoms with Gasteiger partial charge in [-0.05, 0) is 35.6 Å². The molecule has 2 nitrogen and oxygen atoms in total. The fraction of sp³-hybridized carbons (Fsp3) is 0.235. The van der Waals surface area contributed by atoms with Crippen molar-refractivity contribution >= 4 is 21.4 Å². The summed E-state index contributed by atoms with van der Waals surface area (Å²) < 4.78 is 1.30. The Labute approximate surface area is 123 Å². The Bertz CT molecular complexity index is 667. The number of benzene rings is 1. The van der Waals surface area contributed by atoms with Crippen LogP contribution in [0, 0.1) is 0 Å². The van der Waals surface area contributed by atoms with E-state index in [0.717, 1.165) is 18.5 Å². The maximum Gasteiger partial charge on any atom is 0.0446 e. The van der Waals surface area contributed by atoms with E-state index in [9.17, 15) is 0 Å². The summed E-state index contributed by atoms with van der Waals surface area (Å²) >= 11 is 1.78. The number of nitrogens with two attached hydrogens (primary N) is 1.